The van der Waals surface area contributed by atoms with Gasteiger partial charge < -0.3 is 4.74 Å². The molecular weight excluding hydrogens is 274 g/mol. The van der Waals surface area contributed by atoms with Crippen molar-refractivity contribution in [2.45, 2.75) is 18.9 Å². The van der Waals surface area contributed by atoms with E-state index in [0.717, 1.165) is 35.8 Å². The third-order valence-electron chi connectivity index (χ3n) is 3.73. The number of aryl methyl sites for hydroxylation is 1. The van der Waals surface area contributed by atoms with E-state index in [9.17, 15) is 8.78 Å². The van der Waals surface area contributed by atoms with E-state index in [1.165, 1.54) is 12.1 Å². The number of rotatable bonds is 3. The topological polar surface area (TPSA) is 47.3 Å². The summed E-state index contributed by atoms with van der Waals surface area (Å²) in [6, 6.07) is 9.09. The molecule has 2 aromatic rings. The first kappa shape index (κ1) is 14.0. The van der Waals surface area contributed by atoms with Crippen molar-refractivity contribution in [3.63, 3.8) is 0 Å². The lowest BCUT2D eigenvalue weighted by molar-refractivity contribution is 0.282. The predicted octanol–water partition coefficient (Wildman–Crippen LogP) is 2.84. The Morgan fingerprint density at radius 2 is 1.86 bits per heavy atom. The van der Waals surface area contributed by atoms with Gasteiger partial charge in [0, 0.05) is 11.1 Å². The zero-order valence-electron chi connectivity index (χ0n) is 11.4. The maximum atomic E-state index is 14.0. The Hall–Kier alpha value is -1.98. The van der Waals surface area contributed by atoms with Crippen molar-refractivity contribution in [3.8, 4) is 5.75 Å². The largest absolute Gasteiger partial charge is 0.493 e. The second-order valence-electron chi connectivity index (χ2n) is 5.03. The molecule has 0 radical (unpaired) electrons. The molecule has 0 bridgehead atoms. The van der Waals surface area contributed by atoms with Crippen LogP contribution in [-0.4, -0.2) is 6.61 Å². The number of hydrogen-bond donors (Lipinski definition) is 2. The van der Waals surface area contributed by atoms with Crippen LogP contribution in [0.25, 0.3) is 0 Å². The second-order valence-corrected chi connectivity index (χ2v) is 5.03. The number of hydrogen-bond acceptors (Lipinski definition) is 3. The monoisotopic (exact) mass is 290 g/mol. The summed E-state index contributed by atoms with van der Waals surface area (Å²) in [6.45, 7) is 0.618. The predicted molar refractivity (Wildman–Crippen MR) is 75.8 cm³/mol. The third-order valence-corrected chi connectivity index (χ3v) is 3.73. The highest BCUT2D eigenvalue weighted by Crippen LogP contribution is 2.36. The molecule has 0 spiro atoms. The van der Waals surface area contributed by atoms with Crippen molar-refractivity contribution in [2.75, 3.05) is 6.61 Å². The molecule has 21 heavy (non-hydrogen) atoms. The van der Waals surface area contributed by atoms with Crippen LogP contribution in [0.3, 0.4) is 0 Å². The molecule has 5 heteroatoms. The fraction of sp³-hybridized carbons (Fsp3) is 0.250. The molecule has 3 N–H and O–H groups in total. The molecule has 1 unspecified atom stereocenters. The van der Waals surface area contributed by atoms with E-state index in [0.29, 0.717) is 6.61 Å². The minimum absolute atomic E-state index is 0.167. The van der Waals surface area contributed by atoms with E-state index in [2.05, 4.69) is 5.43 Å². The number of halogens is 2. The van der Waals surface area contributed by atoms with Gasteiger partial charge in [-0.1, -0.05) is 30.3 Å². The molecule has 1 aliphatic rings. The number of fused-ring (bicyclic) bond motifs is 1. The smallest absolute Gasteiger partial charge is 0.163 e. The van der Waals surface area contributed by atoms with Crippen LogP contribution in [0.5, 0.6) is 5.75 Å². The van der Waals surface area contributed by atoms with Gasteiger partial charge >= 0.3 is 0 Å². The lowest BCUT2D eigenvalue weighted by Crippen LogP contribution is -2.30. The van der Waals surface area contributed by atoms with Crippen molar-refractivity contribution >= 4 is 0 Å². The Balaban J connectivity index is 2.11. The minimum Gasteiger partial charge on any atom is -0.493 e. The van der Waals surface area contributed by atoms with Crippen molar-refractivity contribution in [2.24, 2.45) is 5.84 Å². The van der Waals surface area contributed by atoms with Gasteiger partial charge in [0.25, 0.3) is 0 Å². The molecule has 1 aliphatic heterocycles. The van der Waals surface area contributed by atoms with E-state index in [-0.39, 0.29) is 5.56 Å². The summed E-state index contributed by atoms with van der Waals surface area (Å²) in [5, 5.41) is 0. The zero-order valence-corrected chi connectivity index (χ0v) is 11.4. The van der Waals surface area contributed by atoms with Crippen molar-refractivity contribution in [1.29, 1.82) is 0 Å². The van der Waals surface area contributed by atoms with Gasteiger partial charge in [0.1, 0.15) is 5.75 Å². The summed E-state index contributed by atoms with van der Waals surface area (Å²) in [4.78, 5) is 0. The van der Waals surface area contributed by atoms with E-state index >= 15 is 0 Å². The van der Waals surface area contributed by atoms with Crippen LogP contribution in [-0.2, 0) is 6.42 Å². The summed E-state index contributed by atoms with van der Waals surface area (Å²) >= 11 is 0. The highest BCUT2D eigenvalue weighted by atomic mass is 19.2. The summed E-state index contributed by atoms with van der Waals surface area (Å²) in [5.41, 5.74) is 4.52. The molecule has 3 nitrogen and oxygen atoms in total. The maximum Gasteiger partial charge on any atom is 0.163 e. The fourth-order valence-electron chi connectivity index (χ4n) is 2.73. The fourth-order valence-corrected chi connectivity index (χ4v) is 2.73. The normalized spacial score (nSPS) is 15.2. The molecular formula is C16H16F2N2O. The van der Waals surface area contributed by atoms with E-state index < -0.39 is 17.7 Å². The van der Waals surface area contributed by atoms with Crippen LogP contribution in [0.1, 0.15) is 29.2 Å². The van der Waals surface area contributed by atoms with Crippen molar-refractivity contribution in [1.82, 2.24) is 5.43 Å². The quantitative estimate of drug-likeness (QED) is 0.675. The van der Waals surface area contributed by atoms with Gasteiger partial charge in [0.2, 0.25) is 0 Å². The lowest BCUT2D eigenvalue weighted by Gasteiger charge is -2.25. The van der Waals surface area contributed by atoms with Gasteiger partial charge in [0.15, 0.2) is 11.6 Å². The highest BCUT2D eigenvalue weighted by molar-refractivity contribution is 5.48. The number of ether oxygens (including phenoxy) is 1. The molecule has 2 aromatic carbocycles. The van der Waals surface area contributed by atoms with E-state index in [1.54, 1.807) is 0 Å². The van der Waals surface area contributed by atoms with Gasteiger partial charge in [-0.25, -0.2) is 14.2 Å². The molecule has 0 aromatic heterocycles. The van der Waals surface area contributed by atoms with Gasteiger partial charge in [0.05, 0.1) is 12.6 Å². The van der Waals surface area contributed by atoms with Crippen molar-refractivity contribution in [3.05, 3.63) is 64.7 Å². The van der Waals surface area contributed by atoms with E-state index in [1.807, 2.05) is 18.2 Å². The van der Waals surface area contributed by atoms with Gasteiger partial charge in [-0.05, 0) is 24.5 Å². The molecule has 110 valence electrons. The van der Waals surface area contributed by atoms with Crippen LogP contribution in [0.4, 0.5) is 8.78 Å². The van der Waals surface area contributed by atoms with Crippen LogP contribution in [0.2, 0.25) is 0 Å². The Bertz CT molecular complexity index is 661. The molecule has 0 fully saturated rings. The van der Waals surface area contributed by atoms with E-state index in [4.69, 9.17) is 10.6 Å². The lowest BCUT2D eigenvalue weighted by atomic mass is 9.93. The first-order valence-electron chi connectivity index (χ1n) is 6.87. The summed E-state index contributed by atoms with van der Waals surface area (Å²) in [6.07, 6.45) is 1.86. The molecule has 0 saturated carbocycles. The summed E-state index contributed by atoms with van der Waals surface area (Å²) in [5.74, 6) is 4.53. The summed E-state index contributed by atoms with van der Waals surface area (Å²) < 4.78 is 33.2. The molecule has 0 amide bonds. The first-order chi connectivity index (χ1) is 10.2. The third kappa shape index (κ3) is 2.50. The number of nitrogens with one attached hydrogen (secondary N) is 1. The average Bonchev–Trinajstić information content (AvgIpc) is 2.52. The number of para-hydroxylation sites is 1. The number of benzene rings is 2. The van der Waals surface area contributed by atoms with Crippen LogP contribution in [0.15, 0.2) is 36.4 Å². The van der Waals surface area contributed by atoms with Gasteiger partial charge in [-0.3, -0.25) is 5.84 Å². The molecule has 1 heterocycles. The molecule has 0 saturated heterocycles. The Morgan fingerprint density at radius 1 is 1.10 bits per heavy atom. The van der Waals surface area contributed by atoms with Gasteiger partial charge in [-0.2, -0.15) is 0 Å². The standard InChI is InChI=1S/C16H16F2N2O/c17-13-8-2-6-11(14(13)18)15(20-19)12-7-1-4-10-5-3-9-21-16(10)12/h1-2,4,6-8,15,20H,3,5,9,19H2. The maximum absolute atomic E-state index is 14.0. The Kier molecular flexibility index (Phi) is 3.86. The van der Waals surface area contributed by atoms with Gasteiger partial charge in [-0.15, -0.1) is 0 Å². The zero-order chi connectivity index (χ0) is 14.8. The first-order valence-corrected chi connectivity index (χ1v) is 6.87. The van der Waals surface area contributed by atoms with Crippen LogP contribution < -0.4 is 16.0 Å². The molecule has 1 atom stereocenters. The molecule has 3 rings (SSSR count). The Morgan fingerprint density at radius 3 is 2.67 bits per heavy atom. The SMILES string of the molecule is NNC(c1cccc(F)c1F)c1cccc2c1OCCC2. The van der Waals surface area contributed by atoms with Crippen LogP contribution in [0, 0.1) is 11.6 Å². The number of nitrogens with two attached hydrogens (primary N) is 1. The summed E-state index contributed by atoms with van der Waals surface area (Å²) in [7, 11) is 0. The highest BCUT2D eigenvalue weighted by Gasteiger charge is 2.24. The second kappa shape index (κ2) is 5.79. The average molecular weight is 290 g/mol. The van der Waals surface area contributed by atoms with Crippen LogP contribution >= 0.6 is 0 Å². The Labute approximate surface area is 121 Å². The molecule has 0 aliphatic carbocycles. The number of hydrazine groups is 1. The minimum atomic E-state index is -0.895. The van der Waals surface area contributed by atoms with Crippen molar-refractivity contribution < 1.29 is 13.5 Å².